The van der Waals surface area contributed by atoms with Gasteiger partial charge in [0.05, 0.1) is 6.10 Å². The topological polar surface area (TPSA) is 58.0 Å². The molecule has 0 aliphatic heterocycles. The zero-order chi connectivity index (χ0) is 12.1. The highest BCUT2D eigenvalue weighted by atomic mass is 32.2. The van der Waals surface area contributed by atoms with E-state index in [1.165, 1.54) is 0 Å². The predicted molar refractivity (Wildman–Crippen MR) is 67.9 cm³/mol. The summed E-state index contributed by atoms with van der Waals surface area (Å²) in [6, 6.07) is 0. The van der Waals surface area contributed by atoms with Crippen LogP contribution in [0, 0.1) is 6.92 Å². The quantitative estimate of drug-likeness (QED) is 0.610. The molecule has 0 radical (unpaired) electrons. The maximum Gasteiger partial charge on any atom is 0.133 e. The summed E-state index contributed by atoms with van der Waals surface area (Å²) in [6.45, 7) is 8.65. The molecule has 2 unspecified atom stereocenters. The van der Waals surface area contributed by atoms with E-state index in [0.717, 1.165) is 23.0 Å². The fourth-order valence-electron chi connectivity index (χ4n) is 1.17. The number of aliphatic hydroxyl groups is 1. The number of rotatable bonds is 5. The van der Waals surface area contributed by atoms with Gasteiger partial charge in [-0.25, -0.2) is 9.97 Å². The van der Waals surface area contributed by atoms with Crippen molar-refractivity contribution in [2.45, 2.75) is 44.1 Å². The minimum absolute atomic E-state index is 0.128. The van der Waals surface area contributed by atoms with E-state index in [2.05, 4.69) is 15.3 Å². The molecule has 0 bridgehead atoms. The summed E-state index contributed by atoms with van der Waals surface area (Å²) >= 11 is 1.58. The molecule has 0 saturated carbocycles. The van der Waals surface area contributed by atoms with Gasteiger partial charge in [0, 0.05) is 17.4 Å². The average Bonchev–Trinajstić information content (AvgIpc) is 2.24. The summed E-state index contributed by atoms with van der Waals surface area (Å²) in [5, 5.41) is 13.7. The van der Waals surface area contributed by atoms with Gasteiger partial charge >= 0.3 is 0 Å². The molecule has 4 nitrogen and oxygen atoms in total. The van der Waals surface area contributed by atoms with Gasteiger partial charge in [-0.1, -0.05) is 6.92 Å². The van der Waals surface area contributed by atoms with Crippen molar-refractivity contribution >= 4 is 17.6 Å². The molecule has 0 spiro atoms. The predicted octanol–water partition coefficient (Wildman–Crippen LogP) is 2.08. The van der Waals surface area contributed by atoms with Gasteiger partial charge in [0.25, 0.3) is 0 Å². The van der Waals surface area contributed by atoms with Crippen LogP contribution in [0.3, 0.4) is 0 Å². The maximum atomic E-state index is 9.47. The molecular formula is C11H19N3OS. The van der Waals surface area contributed by atoms with Crippen LogP contribution in [0.2, 0.25) is 0 Å². The van der Waals surface area contributed by atoms with Crippen molar-refractivity contribution in [1.29, 1.82) is 0 Å². The SMILES string of the molecule is CCNc1ncnc(SC(C)C(C)O)c1C. The molecule has 2 N–H and O–H groups in total. The highest BCUT2D eigenvalue weighted by Gasteiger charge is 2.14. The van der Waals surface area contributed by atoms with E-state index in [4.69, 9.17) is 0 Å². The molecule has 1 aromatic heterocycles. The van der Waals surface area contributed by atoms with Gasteiger partial charge < -0.3 is 10.4 Å². The van der Waals surface area contributed by atoms with Crippen LogP contribution < -0.4 is 5.32 Å². The average molecular weight is 241 g/mol. The third-order valence-electron chi connectivity index (χ3n) is 2.36. The Balaban J connectivity index is 2.84. The molecule has 0 aliphatic carbocycles. The van der Waals surface area contributed by atoms with E-state index in [-0.39, 0.29) is 11.4 Å². The van der Waals surface area contributed by atoms with Crippen molar-refractivity contribution in [2.75, 3.05) is 11.9 Å². The molecule has 0 amide bonds. The van der Waals surface area contributed by atoms with E-state index in [9.17, 15) is 5.11 Å². The molecule has 2 atom stereocenters. The third-order valence-corrected chi connectivity index (χ3v) is 3.76. The van der Waals surface area contributed by atoms with Gasteiger partial charge in [-0.15, -0.1) is 11.8 Å². The lowest BCUT2D eigenvalue weighted by molar-refractivity contribution is 0.196. The van der Waals surface area contributed by atoms with Crippen LogP contribution >= 0.6 is 11.8 Å². The first kappa shape index (κ1) is 13.3. The van der Waals surface area contributed by atoms with Crippen molar-refractivity contribution < 1.29 is 5.11 Å². The van der Waals surface area contributed by atoms with Gasteiger partial charge in [0.1, 0.15) is 17.2 Å². The normalized spacial score (nSPS) is 14.6. The number of hydrogen-bond acceptors (Lipinski definition) is 5. The maximum absolute atomic E-state index is 9.47. The zero-order valence-electron chi connectivity index (χ0n) is 10.2. The lowest BCUT2D eigenvalue weighted by Gasteiger charge is -2.15. The van der Waals surface area contributed by atoms with Crippen molar-refractivity contribution in [3.63, 3.8) is 0 Å². The second kappa shape index (κ2) is 6.06. The molecule has 0 aliphatic rings. The Labute approximate surface area is 101 Å². The number of aromatic nitrogens is 2. The van der Waals surface area contributed by atoms with Gasteiger partial charge in [0.2, 0.25) is 0 Å². The Morgan fingerprint density at radius 3 is 2.69 bits per heavy atom. The van der Waals surface area contributed by atoms with Crippen LogP contribution in [0.5, 0.6) is 0 Å². The van der Waals surface area contributed by atoms with E-state index >= 15 is 0 Å². The molecule has 0 fully saturated rings. The number of nitrogens with one attached hydrogen (secondary N) is 1. The first-order valence-electron chi connectivity index (χ1n) is 5.46. The van der Waals surface area contributed by atoms with E-state index in [0.29, 0.717) is 0 Å². The van der Waals surface area contributed by atoms with Crippen LogP contribution in [0.1, 0.15) is 26.3 Å². The monoisotopic (exact) mass is 241 g/mol. The Kier molecular flexibility index (Phi) is 5.02. The number of aliphatic hydroxyl groups excluding tert-OH is 1. The largest absolute Gasteiger partial charge is 0.392 e. The van der Waals surface area contributed by atoms with Crippen molar-refractivity contribution in [2.24, 2.45) is 0 Å². The van der Waals surface area contributed by atoms with Crippen LogP contribution in [-0.4, -0.2) is 33.0 Å². The molecule has 1 aromatic rings. The smallest absolute Gasteiger partial charge is 0.133 e. The molecule has 90 valence electrons. The Morgan fingerprint density at radius 1 is 1.44 bits per heavy atom. The summed E-state index contributed by atoms with van der Waals surface area (Å²) < 4.78 is 0. The molecule has 16 heavy (non-hydrogen) atoms. The van der Waals surface area contributed by atoms with Gasteiger partial charge in [-0.2, -0.15) is 0 Å². The third kappa shape index (κ3) is 3.35. The van der Waals surface area contributed by atoms with E-state index in [1.54, 1.807) is 25.0 Å². The highest BCUT2D eigenvalue weighted by Crippen LogP contribution is 2.28. The van der Waals surface area contributed by atoms with Crippen LogP contribution in [0.15, 0.2) is 11.4 Å². The number of anilines is 1. The standard InChI is InChI=1S/C11H19N3OS/c1-5-12-10-7(2)11(14-6-13-10)16-9(4)8(3)15/h6,8-9,15H,5H2,1-4H3,(H,12,13,14). The number of nitrogens with zero attached hydrogens (tertiary/aromatic N) is 2. The molecule has 1 rings (SSSR count). The summed E-state index contributed by atoms with van der Waals surface area (Å²) in [6.07, 6.45) is 1.21. The van der Waals surface area contributed by atoms with Gasteiger partial charge in [0.15, 0.2) is 0 Å². The second-order valence-corrected chi connectivity index (χ2v) is 5.11. The van der Waals surface area contributed by atoms with Crippen LogP contribution in [0.4, 0.5) is 5.82 Å². The first-order valence-corrected chi connectivity index (χ1v) is 6.34. The van der Waals surface area contributed by atoms with Gasteiger partial charge in [-0.05, 0) is 20.8 Å². The fraction of sp³-hybridized carbons (Fsp3) is 0.636. The van der Waals surface area contributed by atoms with Crippen molar-refractivity contribution in [3.05, 3.63) is 11.9 Å². The molecule has 0 saturated heterocycles. The van der Waals surface area contributed by atoms with Crippen LogP contribution in [-0.2, 0) is 0 Å². The van der Waals surface area contributed by atoms with Crippen LogP contribution in [0.25, 0.3) is 0 Å². The molecule has 0 aromatic carbocycles. The minimum Gasteiger partial charge on any atom is -0.392 e. The summed E-state index contributed by atoms with van der Waals surface area (Å²) in [5.41, 5.74) is 1.04. The summed E-state index contributed by atoms with van der Waals surface area (Å²) in [7, 11) is 0. The van der Waals surface area contributed by atoms with Gasteiger partial charge in [-0.3, -0.25) is 0 Å². The Bertz CT molecular complexity index is 344. The fourth-order valence-corrected chi connectivity index (χ4v) is 2.10. The first-order chi connectivity index (χ1) is 7.56. The second-order valence-electron chi connectivity index (χ2n) is 3.75. The summed E-state index contributed by atoms with van der Waals surface area (Å²) in [4.78, 5) is 8.43. The number of hydrogen-bond donors (Lipinski definition) is 2. The molecular weight excluding hydrogens is 222 g/mol. The van der Waals surface area contributed by atoms with E-state index in [1.807, 2.05) is 20.8 Å². The lowest BCUT2D eigenvalue weighted by atomic mass is 10.3. The Morgan fingerprint density at radius 2 is 2.12 bits per heavy atom. The minimum atomic E-state index is -0.345. The van der Waals surface area contributed by atoms with E-state index < -0.39 is 0 Å². The summed E-state index contributed by atoms with van der Waals surface area (Å²) in [5.74, 6) is 0.873. The Hall–Kier alpha value is -0.810. The highest BCUT2D eigenvalue weighted by molar-refractivity contribution is 7.99. The zero-order valence-corrected chi connectivity index (χ0v) is 11.0. The van der Waals surface area contributed by atoms with Crippen molar-refractivity contribution in [1.82, 2.24) is 9.97 Å². The molecule has 1 heterocycles. The number of thioether (sulfide) groups is 1. The lowest BCUT2D eigenvalue weighted by Crippen LogP contribution is -2.15. The molecule has 5 heteroatoms. The van der Waals surface area contributed by atoms with Crippen molar-refractivity contribution in [3.8, 4) is 0 Å².